The molecule has 3 unspecified atom stereocenters. The minimum absolute atomic E-state index is 0.000752. The first kappa shape index (κ1) is 20.6. The molecule has 4 aliphatic rings. The van der Waals surface area contributed by atoms with Gasteiger partial charge in [0.2, 0.25) is 0 Å². The van der Waals surface area contributed by atoms with E-state index in [-0.39, 0.29) is 12.6 Å². The second-order valence-electron chi connectivity index (χ2n) is 9.44. The largest absolute Gasteiger partial charge is 0.479 e. The molecule has 5 atom stereocenters. The number of carbonyl (C=O) groups is 1. The van der Waals surface area contributed by atoms with E-state index in [2.05, 4.69) is 15.6 Å². The number of carbonyl (C=O) groups excluding carboxylic acids is 1. The molecule has 32 heavy (non-hydrogen) atoms. The van der Waals surface area contributed by atoms with Crippen LogP contribution in [-0.2, 0) is 0 Å². The zero-order valence-corrected chi connectivity index (χ0v) is 17.8. The Balaban J connectivity index is 1.35. The predicted octanol–water partition coefficient (Wildman–Crippen LogP) is 3.18. The van der Waals surface area contributed by atoms with E-state index in [0.29, 0.717) is 40.6 Å². The van der Waals surface area contributed by atoms with Crippen molar-refractivity contribution in [3.05, 3.63) is 42.1 Å². The lowest BCUT2D eigenvalue weighted by atomic mass is 9.52. The summed E-state index contributed by atoms with van der Waals surface area (Å²) in [4.78, 5) is 16.4. The van der Waals surface area contributed by atoms with Gasteiger partial charge < -0.3 is 26.2 Å². The van der Waals surface area contributed by atoms with Gasteiger partial charge in [0, 0.05) is 24.0 Å². The Kier molecular flexibility index (Phi) is 5.14. The standard InChI is InChI=1S/C24H27N5O3/c25-5-6-32-18-3-1-17(2-4-18)28-21-9-20(19(13-27-21)23(26)30)29-22-15-7-14-8-16(22)12-24(31,10-14)11-15/h1-4,9,13-16,22,31H,6-8,10-12H2,(H2,26,30)(H2,27,28,29)/t14?,15-,16+,22?,24?. The average Bonchev–Trinajstić information content (AvgIpc) is 2.74. The highest BCUT2D eigenvalue weighted by molar-refractivity contribution is 5.98. The van der Waals surface area contributed by atoms with Crippen molar-refractivity contribution >= 4 is 23.1 Å². The smallest absolute Gasteiger partial charge is 0.252 e. The third-order valence-electron chi connectivity index (χ3n) is 7.16. The fourth-order valence-corrected chi connectivity index (χ4v) is 6.13. The first-order valence-electron chi connectivity index (χ1n) is 11.1. The second-order valence-corrected chi connectivity index (χ2v) is 9.44. The molecule has 0 spiro atoms. The van der Waals surface area contributed by atoms with Crippen LogP contribution < -0.4 is 21.1 Å². The van der Waals surface area contributed by atoms with Gasteiger partial charge in [0.25, 0.3) is 5.91 Å². The number of hydrogen-bond acceptors (Lipinski definition) is 7. The number of ether oxygens (including phenoxy) is 1. The van der Waals surface area contributed by atoms with Crippen molar-refractivity contribution in [3.63, 3.8) is 0 Å². The molecule has 1 aromatic heterocycles. The molecule has 0 saturated heterocycles. The molecule has 2 aromatic rings. The molecule has 4 saturated carbocycles. The maximum absolute atomic E-state index is 12.1. The molecule has 4 aliphatic carbocycles. The molecule has 0 radical (unpaired) electrons. The van der Waals surface area contributed by atoms with Gasteiger partial charge in [-0.05, 0) is 74.1 Å². The van der Waals surface area contributed by atoms with E-state index in [0.717, 1.165) is 37.8 Å². The average molecular weight is 434 g/mol. The van der Waals surface area contributed by atoms with Crippen molar-refractivity contribution in [2.75, 3.05) is 17.2 Å². The minimum Gasteiger partial charge on any atom is -0.479 e. The lowest BCUT2D eigenvalue weighted by Gasteiger charge is -2.58. The molecule has 8 heteroatoms. The lowest BCUT2D eigenvalue weighted by molar-refractivity contribution is -0.129. The first-order chi connectivity index (χ1) is 15.4. The van der Waals surface area contributed by atoms with Crippen molar-refractivity contribution in [3.8, 4) is 11.8 Å². The molecule has 5 N–H and O–H groups in total. The van der Waals surface area contributed by atoms with Gasteiger partial charge in [-0.2, -0.15) is 5.26 Å². The van der Waals surface area contributed by atoms with Crippen molar-refractivity contribution < 1.29 is 14.6 Å². The van der Waals surface area contributed by atoms with E-state index in [1.807, 2.05) is 24.3 Å². The number of amides is 1. The third kappa shape index (κ3) is 3.96. The van der Waals surface area contributed by atoms with Gasteiger partial charge in [-0.15, -0.1) is 0 Å². The monoisotopic (exact) mass is 433 g/mol. The summed E-state index contributed by atoms with van der Waals surface area (Å²) in [5, 5.41) is 26.3. The van der Waals surface area contributed by atoms with E-state index in [1.54, 1.807) is 12.1 Å². The summed E-state index contributed by atoms with van der Waals surface area (Å²) in [6, 6.07) is 11.2. The third-order valence-corrected chi connectivity index (χ3v) is 7.16. The number of aromatic nitrogens is 1. The fourth-order valence-electron chi connectivity index (χ4n) is 6.13. The van der Waals surface area contributed by atoms with Gasteiger partial charge in [0.1, 0.15) is 17.6 Å². The molecule has 1 aromatic carbocycles. The highest BCUT2D eigenvalue weighted by atomic mass is 16.5. The molecule has 1 amide bonds. The number of benzene rings is 1. The fraction of sp³-hybridized carbons (Fsp3) is 0.458. The molecule has 4 bridgehead atoms. The Morgan fingerprint density at radius 3 is 2.59 bits per heavy atom. The summed E-state index contributed by atoms with van der Waals surface area (Å²) in [6.45, 7) is -0.000752. The minimum atomic E-state index is -0.520. The van der Waals surface area contributed by atoms with Crippen LogP contribution in [0.15, 0.2) is 36.5 Å². The molecule has 6 rings (SSSR count). The number of anilines is 3. The van der Waals surface area contributed by atoms with Crippen LogP contribution in [0.3, 0.4) is 0 Å². The maximum atomic E-state index is 12.1. The number of nitrogens with two attached hydrogens (primary N) is 1. The van der Waals surface area contributed by atoms with Crippen molar-refractivity contribution in [1.29, 1.82) is 5.26 Å². The summed E-state index contributed by atoms with van der Waals surface area (Å²) < 4.78 is 5.28. The summed E-state index contributed by atoms with van der Waals surface area (Å²) in [6.07, 6.45) is 6.32. The molecule has 0 aliphatic heterocycles. The number of primary amides is 1. The van der Waals surface area contributed by atoms with Crippen LogP contribution in [0.1, 0.15) is 42.5 Å². The van der Waals surface area contributed by atoms with Crippen molar-refractivity contribution in [2.24, 2.45) is 23.5 Å². The van der Waals surface area contributed by atoms with Crippen LogP contribution in [0.2, 0.25) is 0 Å². The topological polar surface area (TPSA) is 133 Å². The maximum Gasteiger partial charge on any atom is 0.252 e. The van der Waals surface area contributed by atoms with Crippen molar-refractivity contribution in [2.45, 2.75) is 43.7 Å². The van der Waals surface area contributed by atoms with Gasteiger partial charge in [-0.3, -0.25) is 4.79 Å². The van der Waals surface area contributed by atoms with Crippen LogP contribution in [0.25, 0.3) is 0 Å². The number of rotatable bonds is 7. The van der Waals surface area contributed by atoms with E-state index in [9.17, 15) is 9.90 Å². The van der Waals surface area contributed by atoms with E-state index < -0.39 is 11.5 Å². The van der Waals surface area contributed by atoms with Crippen molar-refractivity contribution in [1.82, 2.24) is 4.98 Å². The summed E-state index contributed by atoms with van der Waals surface area (Å²) in [5.74, 6) is 2.09. The van der Waals surface area contributed by atoms with Gasteiger partial charge in [-0.25, -0.2) is 4.98 Å². The number of hydrogen-bond donors (Lipinski definition) is 4. The molecule has 166 valence electrons. The Morgan fingerprint density at radius 2 is 1.97 bits per heavy atom. The number of nitrogens with one attached hydrogen (secondary N) is 2. The van der Waals surface area contributed by atoms with Crippen LogP contribution in [0.4, 0.5) is 17.2 Å². The van der Waals surface area contributed by atoms with E-state index in [1.165, 1.54) is 6.20 Å². The van der Waals surface area contributed by atoms with E-state index in [4.69, 9.17) is 15.7 Å². The second kappa shape index (κ2) is 7.99. The van der Waals surface area contributed by atoms with E-state index >= 15 is 0 Å². The first-order valence-corrected chi connectivity index (χ1v) is 11.1. The highest BCUT2D eigenvalue weighted by Crippen LogP contribution is 2.56. The number of nitriles is 1. The highest BCUT2D eigenvalue weighted by Gasteiger charge is 2.54. The zero-order valence-electron chi connectivity index (χ0n) is 17.8. The Morgan fingerprint density at radius 1 is 1.25 bits per heavy atom. The van der Waals surface area contributed by atoms with Gasteiger partial charge in [0.05, 0.1) is 16.9 Å². The van der Waals surface area contributed by atoms with Gasteiger partial charge in [0.15, 0.2) is 6.61 Å². The van der Waals surface area contributed by atoms with Crippen LogP contribution in [0.5, 0.6) is 5.75 Å². The number of nitrogens with zero attached hydrogens (tertiary/aromatic N) is 2. The Hall–Kier alpha value is -3.31. The molecule has 1 heterocycles. The predicted molar refractivity (Wildman–Crippen MR) is 120 cm³/mol. The SMILES string of the molecule is N#CCOc1ccc(Nc2cc(NC3[C@@H]4CC5C[C@H]3CC(O)(C5)C4)c(C(N)=O)cn2)cc1. The Labute approximate surface area is 186 Å². The molecule has 4 fully saturated rings. The van der Waals surface area contributed by atoms with Gasteiger partial charge in [-0.1, -0.05) is 0 Å². The van der Waals surface area contributed by atoms with Crippen LogP contribution in [-0.4, -0.2) is 34.2 Å². The van der Waals surface area contributed by atoms with Gasteiger partial charge >= 0.3 is 0 Å². The number of aliphatic hydroxyl groups is 1. The normalized spacial score (nSPS) is 29.9. The lowest BCUT2D eigenvalue weighted by Crippen LogP contribution is -2.59. The molecule has 8 nitrogen and oxygen atoms in total. The Bertz CT molecular complexity index is 1050. The molecular weight excluding hydrogens is 406 g/mol. The summed E-state index contributed by atoms with van der Waals surface area (Å²) in [5.41, 5.74) is 6.96. The summed E-state index contributed by atoms with van der Waals surface area (Å²) in [7, 11) is 0. The van der Waals surface area contributed by atoms with Crippen LogP contribution in [0, 0.1) is 29.1 Å². The number of pyridine rings is 1. The summed E-state index contributed by atoms with van der Waals surface area (Å²) >= 11 is 0. The quantitative estimate of drug-likeness (QED) is 0.527. The van der Waals surface area contributed by atoms with Crippen LogP contribution >= 0.6 is 0 Å². The zero-order chi connectivity index (χ0) is 22.3. The molecular formula is C24H27N5O3.